The van der Waals surface area contributed by atoms with E-state index in [4.69, 9.17) is 0 Å². The van der Waals surface area contributed by atoms with Gasteiger partial charge in [-0.15, -0.1) is 0 Å². The maximum Gasteiger partial charge on any atom is 0.0526 e. The number of hydrogen-bond acceptors (Lipinski definition) is 0. The lowest BCUT2D eigenvalue weighted by molar-refractivity contribution is 0.590. The molecule has 88 heavy (non-hydrogen) atoms. The molecule has 4 heterocycles. The molecule has 0 bridgehead atoms. The van der Waals surface area contributed by atoms with Gasteiger partial charge in [-0.05, 0) is 160 Å². The molecule has 0 saturated carbocycles. The van der Waals surface area contributed by atoms with Gasteiger partial charge < -0.3 is 18.3 Å². The number of rotatable bonds is 0. The molecule has 0 aliphatic heterocycles. The molecular formula is C84H84N4. The van der Waals surface area contributed by atoms with Gasteiger partial charge in [0, 0.05) is 110 Å². The minimum Gasteiger partial charge on any atom is -0.344 e. The largest absolute Gasteiger partial charge is 0.344 e. The average Bonchev–Trinajstić information content (AvgIpc) is 2.16. The minimum absolute atomic E-state index is 0.138. The number of nitrogens with zero attached hydrogens (tertiary/aromatic N) is 4. The third-order valence-corrected chi connectivity index (χ3v) is 18.9. The van der Waals surface area contributed by atoms with Crippen LogP contribution in [0.25, 0.3) is 130 Å². The fraction of sp³-hybridized carbons (Fsp3) is 0.238. The van der Waals surface area contributed by atoms with E-state index in [0.29, 0.717) is 0 Å². The summed E-state index contributed by atoms with van der Waals surface area (Å²) >= 11 is 0. The smallest absolute Gasteiger partial charge is 0.0526 e. The highest BCUT2D eigenvalue weighted by atomic mass is 15.0. The van der Waals surface area contributed by atoms with Crippen LogP contribution in [0.1, 0.15) is 105 Å². The van der Waals surface area contributed by atoms with Crippen LogP contribution in [0.3, 0.4) is 0 Å². The predicted octanol–water partition coefficient (Wildman–Crippen LogP) is 23.1. The molecule has 0 N–H and O–H groups in total. The van der Waals surface area contributed by atoms with Crippen molar-refractivity contribution in [3.05, 3.63) is 241 Å². The molecule has 4 aromatic heterocycles. The van der Waals surface area contributed by atoms with Gasteiger partial charge >= 0.3 is 0 Å². The Bertz CT molecular complexity index is 5350. The zero-order valence-electron chi connectivity index (χ0n) is 54.6. The van der Waals surface area contributed by atoms with Crippen molar-refractivity contribution in [2.75, 3.05) is 0 Å². The Kier molecular flexibility index (Phi) is 14.0. The maximum atomic E-state index is 2.37. The van der Waals surface area contributed by atoms with Gasteiger partial charge in [-0.3, -0.25) is 0 Å². The van der Waals surface area contributed by atoms with Gasteiger partial charge in [0.15, 0.2) is 0 Å². The van der Waals surface area contributed by atoms with Crippen LogP contribution >= 0.6 is 0 Å². The Labute approximate surface area is 519 Å². The van der Waals surface area contributed by atoms with Crippen LogP contribution in [0.4, 0.5) is 0 Å². The van der Waals surface area contributed by atoms with Crippen molar-refractivity contribution in [2.45, 2.75) is 105 Å². The van der Waals surface area contributed by atoms with Crippen LogP contribution < -0.4 is 0 Å². The first-order valence-corrected chi connectivity index (χ1v) is 31.5. The lowest BCUT2D eigenvalue weighted by atomic mass is 9.84. The van der Waals surface area contributed by atoms with Crippen LogP contribution in [-0.4, -0.2) is 18.3 Å². The molecule has 0 aliphatic rings. The van der Waals surface area contributed by atoms with Crippen molar-refractivity contribution in [2.24, 2.45) is 28.2 Å². The van der Waals surface area contributed by atoms with E-state index in [9.17, 15) is 0 Å². The Morgan fingerprint density at radius 3 is 1.03 bits per heavy atom. The summed E-state index contributed by atoms with van der Waals surface area (Å²) < 4.78 is 9.32. The average molecular weight is 1150 g/mol. The van der Waals surface area contributed by atoms with Gasteiger partial charge in [0.05, 0.1) is 5.52 Å². The van der Waals surface area contributed by atoms with E-state index in [1.165, 1.54) is 153 Å². The molecule has 0 unspecified atom stereocenters. The SMILES string of the molecule is Cn1c2cc(C(C)(C)C)ccc2c2cc3ccccc3cc21.Cn1c2cc3ccccc3cc2c2c(C(C)(C)C)cccc21.Cn1c2cc3ccccc3cc2c2cccc(C(C)(C)C)c21.Cn1c2ccc(C(C)(C)C)cc2c2cc3ccccc3cc21. The first-order chi connectivity index (χ1) is 41.8. The Morgan fingerprint density at radius 2 is 0.557 bits per heavy atom. The van der Waals surface area contributed by atoms with Crippen LogP contribution in [0.2, 0.25) is 0 Å². The fourth-order valence-electron chi connectivity index (χ4n) is 13.8. The number of fused-ring (bicyclic) bond motifs is 16. The predicted molar refractivity (Wildman–Crippen MR) is 387 cm³/mol. The second kappa shape index (κ2) is 21.3. The van der Waals surface area contributed by atoms with Crippen LogP contribution in [0, 0.1) is 0 Å². The summed E-state index contributed by atoms with van der Waals surface area (Å²) in [4.78, 5) is 0. The topological polar surface area (TPSA) is 19.7 Å². The standard InChI is InChI=1S/4C21H21N/c1-21(2,3)17-10-7-11-18-20(17)16-12-14-8-5-6-9-15(14)13-19(16)22(18)4;1-21(2,3)18-11-7-10-16-17-12-14-8-5-6-9-15(14)13-19(17)22(4)20(16)18;1-21(2,3)16-9-10-19-18(13-16)17-11-14-7-5-6-8-15(14)12-20(17)22(19)4;1-21(2,3)16-9-10-17-18-11-14-7-5-6-8-15(14)12-19(18)22(4)20(17)13-16/h4*5-13H,1-4H3. The zero-order chi connectivity index (χ0) is 61.9. The lowest BCUT2D eigenvalue weighted by Crippen LogP contribution is -2.12. The number of para-hydroxylation sites is 1. The third-order valence-electron chi connectivity index (χ3n) is 18.9. The van der Waals surface area contributed by atoms with Crippen LogP contribution in [0.15, 0.2) is 218 Å². The summed E-state index contributed by atoms with van der Waals surface area (Å²) in [6.45, 7) is 27.4. The van der Waals surface area contributed by atoms with E-state index in [1.54, 1.807) is 0 Å². The van der Waals surface area contributed by atoms with Crippen LogP contribution in [-0.2, 0) is 49.9 Å². The molecule has 0 spiro atoms. The Hall–Kier alpha value is -9.12. The highest BCUT2D eigenvalue weighted by Crippen LogP contribution is 2.41. The Balaban J connectivity index is 0.000000108. The number of benzene rings is 12. The van der Waals surface area contributed by atoms with Crippen molar-refractivity contribution in [1.82, 2.24) is 18.3 Å². The number of hydrogen-bond donors (Lipinski definition) is 0. The van der Waals surface area contributed by atoms with Gasteiger partial charge in [-0.2, -0.15) is 0 Å². The van der Waals surface area contributed by atoms with E-state index in [1.807, 2.05) is 0 Å². The monoisotopic (exact) mass is 1150 g/mol. The van der Waals surface area contributed by atoms with Gasteiger partial charge in [-0.1, -0.05) is 229 Å². The van der Waals surface area contributed by atoms with Crippen molar-refractivity contribution >= 4 is 130 Å². The van der Waals surface area contributed by atoms with Crippen molar-refractivity contribution < 1.29 is 0 Å². The van der Waals surface area contributed by atoms with Crippen molar-refractivity contribution in [3.8, 4) is 0 Å². The second-order valence-corrected chi connectivity index (χ2v) is 29.0. The molecule has 12 aromatic carbocycles. The summed E-state index contributed by atoms with van der Waals surface area (Å²) in [5.74, 6) is 0. The second-order valence-electron chi connectivity index (χ2n) is 29.0. The van der Waals surface area contributed by atoms with E-state index in [-0.39, 0.29) is 21.7 Å². The third kappa shape index (κ3) is 10.1. The summed E-state index contributed by atoms with van der Waals surface area (Å²) in [5.41, 5.74) is 16.8. The summed E-state index contributed by atoms with van der Waals surface area (Å²) in [6.07, 6.45) is 0. The quantitative estimate of drug-likeness (QED) is 0.144. The number of aryl methyl sites for hydroxylation is 4. The number of aromatic nitrogens is 4. The van der Waals surface area contributed by atoms with E-state index < -0.39 is 0 Å². The first-order valence-electron chi connectivity index (χ1n) is 31.5. The lowest BCUT2D eigenvalue weighted by Gasteiger charge is -2.21. The normalized spacial score (nSPS) is 12.5. The molecule has 0 aliphatic carbocycles. The van der Waals surface area contributed by atoms with Crippen molar-refractivity contribution in [1.29, 1.82) is 0 Å². The molecule has 0 saturated heterocycles. The molecule has 0 fully saturated rings. The van der Waals surface area contributed by atoms with E-state index in [2.05, 4.69) is 348 Å². The van der Waals surface area contributed by atoms with Gasteiger partial charge in [-0.25, -0.2) is 0 Å². The molecule has 440 valence electrons. The summed E-state index contributed by atoms with van der Waals surface area (Å²) in [6, 6.07) is 80.2. The van der Waals surface area contributed by atoms with Crippen molar-refractivity contribution in [3.63, 3.8) is 0 Å². The van der Waals surface area contributed by atoms with Gasteiger partial charge in [0.1, 0.15) is 0 Å². The van der Waals surface area contributed by atoms with E-state index >= 15 is 0 Å². The molecule has 16 rings (SSSR count). The fourth-order valence-corrected chi connectivity index (χ4v) is 13.8. The Morgan fingerprint density at radius 1 is 0.216 bits per heavy atom. The first kappa shape index (κ1) is 57.9. The molecule has 16 aromatic rings. The molecular weight excluding hydrogens is 1060 g/mol. The molecule has 4 heteroatoms. The highest BCUT2D eigenvalue weighted by molar-refractivity contribution is 6.17. The highest BCUT2D eigenvalue weighted by Gasteiger charge is 2.24. The van der Waals surface area contributed by atoms with E-state index in [0.717, 1.165) is 0 Å². The molecule has 0 amide bonds. The summed E-state index contributed by atoms with van der Waals surface area (Å²) in [5, 5.41) is 21.3. The van der Waals surface area contributed by atoms with Crippen LogP contribution in [0.5, 0.6) is 0 Å². The maximum absolute atomic E-state index is 2.37. The minimum atomic E-state index is 0.138. The zero-order valence-corrected chi connectivity index (χ0v) is 54.6. The molecule has 4 nitrogen and oxygen atoms in total. The molecule has 0 atom stereocenters. The van der Waals surface area contributed by atoms with Gasteiger partial charge in [0.2, 0.25) is 0 Å². The van der Waals surface area contributed by atoms with Gasteiger partial charge in [0.25, 0.3) is 0 Å². The summed E-state index contributed by atoms with van der Waals surface area (Å²) in [7, 11) is 8.70. The molecule has 0 radical (unpaired) electrons.